The third-order valence-electron chi connectivity index (χ3n) is 2.32. The van der Waals surface area contributed by atoms with Gasteiger partial charge in [-0.05, 0) is 34.5 Å². The molecule has 2 nitrogen and oxygen atoms in total. The van der Waals surface area contributed by atoms with Crippen molar-refractivity contribution in [2.45, 2.75) is 12.8 Å². The van der Waals surface area contributed by atoms with Crippen molar-refractivity contribution in [1.29, 1.82) is 0 Å². The van der Waals surface area contributed by atoms with Crippen LogP contribution in [0.1, 0.15) is 12.8 Å². The number of halogens is 3. The third-order valence-corrected chi connectivity index (χ3v) is 3.39. The van der Waals surface area contributed by atoms with Gasteiger partial charge in [-0.15, -0.1) is 0 Å². The van der Waals surface area contributed by atoms with Crippen LogP contribution in [-0.2, 0) is 4.79 Å². The van der Waals surface area contributed by atoms with Crippen LogP contribution in [0.15, 0.2) is 21.1 Å². The summed E-state index contributed by atoms with van der Waals surface area (Å²) in [5.41, 5.74) is 0.348. The lowest BCUT2D eigenvalue weighted by Crippen LogP contribution is -2.25. The zero-order chi connectivity index (χ0) is 11.0. The van der Waals surface area contributed by atoms with E-state index in [4.69, 9.17) is 0 Å². The molecule has 1 fully saturated rings. The maximum absolute atomic E-state index is 13.7. The van der Waals surface area contributed by atoms with Crippen molar-refractivity contribution in [3.63, 3.8) is 0 Å². The van der Waals surface area contributed by atoms with E-state index in [1.165, 1.54) is 11.0 Å². The van der Waals surface area contributed by atoms with Gasteiger partial charge in [0.05, 0.1) is 5.69 Å². The Morgan fingerprint density at radius 1 is 1.33 bits per heavy atom. The standard InChI is InChI=1S/C10H8Br2FNO/c11-6-4-7(12)10(8(13)5-6)14-3-1-2-9(14)15/h4-5H,1-3H2. The van der Waals surface area contributed by atoms with Crippen LogP contribution >= 0.6 is 31.9 Å². The first-order valence-electron chi connectivity index (χ1n) is 4.54. The molecule has 1 aromatic rings. The average molecular weight is 337 g/mol. The molecule has 1 aliphatic heterocycles. The zero-order valence-electron chi connectivity index (χ0n) is 7.77. The lowest BCUT2D eigenvalue weighted by atomic mass is 10.3. The maximum atomic E-state index is 13.7. The van der Waals surface area contributed by atoms with Crippen LogP contribution in [0, 0.1) is 5.82 Å². The summed E-state index contributed by atoms with van der Waals surface area (Å²) in [4.78, 5) is 13.0. The highest BCUT2D eigenvalue weighted by atomic mass is 79.9. The Hall–Kier alpha value is -0.420. The molecule has 0 radical (unpaired) electrons. The molecule has 2 rings (SSSR count). The number of benzene rings is 1. The number of anilines is 1. The SMILES string of the molecule is O=C1CCCN1c1c(F)cc(Br)cc1Br. The third kappa shape index (κ3) is 2.08. The van der Waals surface area contributed by atoms with Crippen LogP contribution in [-0.4, -0.2) is 12.5 Å². The molecule has 0 aliphatic carbocycles. The molecule has 1 aliphatic rings. The molecule has 1 aromatic carbocycles. The van der Waals surface area contributed by atoms with Gasteiger partial charge in [0.15, 0.2) is 0 Å². The van der Waals surface area contributed by atoms with Gasteiger partial charge in [-0.1, -0.05) is 15.9 Å². The van der Waals surface area contributed by atoms with Crippen molar-refractivity contribution >= 4 is 43.5 Å². The summed E-state index contributed by atoms with van der Waals surface area (Å²) in [7, 11) is 0. The van der Waals surface area contributed by atoms with E-state index in [2.05, 4.69) is 31.9 Å². The lowest BCUT2D eigenvalue weighted by Gasteiger charge is -2.18. The largest absolute Gasteiger partial charge is 0.309 e. The summed E-state index contributed by atoms with van der Waals surface area (Å²) in [5, 5.41) is 0. The molecule has 0 bridgehead atoms. The van der Waals surface area contributed by atoms with E-state index in [1.807, 2.05) is 0 Å². The Morgan fingerprint density at radius 3 is 2.60 bits per heavy atom. The highest BCUT2D eigenvalue weighted by Crippen LogP contribution is 2.34. The van der Waals surface area contributed by atoms with Gasteiger partial charge in [-0.3, -0.25) is 4.79 Å². The first kappa shape index (κ1) is 11.1. The second-order valence-corrected chi connectivity index (χ2v) is 5.14. The molecule has 0 spiro atoms. The van der Waals surface area contributed by atoms with Gasteiger partial charge in [-0.25, -0.2) is 4.39 Å². The van der Waals surface area contributed by atoms with E-state index in [0.29, 0.717) is 27.6 Å². The normalized spacial score (nSPS) is 16.2. The van der Waals surface area contributed by atoms with E-state index in [-0.39, 0.29) is 11.7 Å². The van der Waals surface area contributed by atoms with Gasteiger partial charge in [-0.2, -0.15) is 0 Å². The molecular formula is C10H8Br2FNO. The average Bonchev–Trinajstić information content (AvgIpc) is 2.50. The number of nitrogens with zero attached hydrogens (tertiary/aromatic N) is 1. The molecule has 1 saturated heterocycles. The van der Waals surface area contributed by atoms with E-state index >= 15 is 0 Å². The van der Waals surface area contributed by atoms with Gasteiger partial charge in [0.1, 0.15) is 5.82 Å². The first-order chi connectivity index (χ1) is 7.09. The summed E-state index contributed by atoms with van der Waals surface area (Å²) in [6.45, 7) is 0.593. The Balaban J connectivity index is 2.47. The predicted octanol–water partition coefficient (Wildman–Crippen LogP) is 3.48. The number of carbonyl (C=O) groups is 1. The first-order valence-corrected chi connectivity index (χ1v) is 6.13. The zero-order valence-corrected chi connectivity index (χ0v) is 10.9. The van der Waals surface area contributed by atoms with Crippen molar-refractivity contribution < 1.29 is 9.18 Å². The Bertz CT molecular complexity index is 399. The summed E-state index contributed by atoms with van der Waals surface area (Å²) in [6, 6.07) is 3.11. The lowest BCUT2D eigenvalue weighted by molar-refractivity contribution is -0.117. The van der Waals surface area contributed by atoms with Gasteiger partial charge in [0.25, 0.3) is 0 Å². The van der Waals surface area contributed by atoms with Crippen LogP contribution in [0.25, 0.3) is 0 Å². The summed E-state index contributed by atoms with van der Waals surface area (Å²) in [6.07, 6.45) is 1.29. The quantitative estimate of drug-likeness (QED) is 0.769. The van der Waals surface area contributed by atoms with Crippen molar-refractivity contribution in [2.24, 2.45) is 0 Å². The minimum atomic E-state index is -0.383. The smallest absolute Gasteiger partial charge is 0.227 e. The van der Waals surface area contributed by atoms with Gasteiger partial charge in [0.2, 0.25) is 5.91 Å². The number of amides is 1. The number of hydrogen-bond donors (Lipinski definition) is 0. The number of rotatable bonds is 1. The van der Waals surface area contributed by atoms with E-state index in [0.717, 1.165) is 6.42 Å². The summed E-state index contributed by atoms with van der Waals surface area (Å²) >= 11 is 6.47. The highest BCUT2D eigenvalue weighted by molar-refractivity contribution is 9.11. The Morgan fingerprint density at radius 2 is 2.07 bits per heavy atom. The van der Waals surface area contributed by atoms with Crippen LogP contribution in [0.2, 0.25) is 0 Å². The number of hydrogen-bond acceptors (Lipinski definition) is 1. The minimum Gasteiger partial charge on any atom is -0.309 e. The predicted molar refractivity (Wildman–Crippen MR) is 63.4 cm³/mol. The monoisotopic (exact) mass is 335 g/mol. The van der Waals surface area contributed by atoms with Crippen molar-refractivity contribution in [2.75, 3.05) is 11.4 Å². The Labute approximate surface area is 104 Å². The molecule has 0 saturated carbocycles. The number of carbonyl (C=O) groups excluding carboxylic acids is 1. The van der Waals surface area contributed by atoms with Gasteiger partial charge >= 0.3 is 0 Å². The molecule has 0 atom stereocenters. The fourth-order valence-corrected chi connectivity index (χ4v) is 3.06. The molecule has 1 heterocycles. The van der Waals surface area contributed by atoms with E-state index in [9.17, 15) is 9.18 Å². The molecule has 15 heavy (non-hydrogen) atoms. The topological polar surface area (TPSA) is 20.3 Å². The highest BCUT2D eigenvalue weighted by Gasteiger charge is 2.26. The van der Waals surface area contributed by atoms with Crippen LogP contribution in [0.5, 0.6) is 0 Å². The van der Waals surface area contributed by atoms with Crippen molar-refractivity contribution in [1.82, 2.24) is 0 Å². The van der Waals surface area contributed by atoms with Crippen LogP contribution in [0.4, 0.5) is 10.1 Å². The summed E-state index contributed by atoms with van der Waals surface area (Å²) in [5.74, 6) is -0.400. The van der Waals surface area contributed by atoms with Crippen LogP contribution in [0.3, 0.4) is 0 Å². The minimum absolute atomic E-state index is 0.0167. The molecule has 0 aromatic heterocycles. The van der Waals surface area contributed by atoms with Crippen molar-refractivity contribution in [3.8, 4) is 0 Å². The van der Waals surface area contributed by atoms with E-state index < -0.39 is 0 Å². The molecule has 0 unspecified atom stereocenters. The fourth-order valence-electron chi connectivity index (χ4n) is 1.68. The van der Waals surface area contributed by atoms with Gasteiger partial charge in [0, 0.05) is 21.9 Å². The van der Waals surface area contributed by atoms with Gasteiger partial charge < -0.3 is 4.90 Å². The van der Waals surface area contributed by atoms with Crippen LogP contribution < -0.4 is 4.90 Å². The Kier molecular flexibility index (Phi) is 3.11. The fraction of sp³-hybridized carbons (Fsp3) is 0.300. The van der Waals surface area contributed by atoms with E-state index in [1.54, 1.807) is 6.07 Å². The molecule has 1 amide bonds. The maximum Gasteiger partial charge on any atom is 0.227 e. The molecular weight excluding hydrogens is 329 g/mol. The second kappa shape index (κ2) is 4.22. The molecule has 80 valence electrons. The van der Waals surface area contributed by atoms with Crippen molar-refractivity contribution in [3.05, 3.63) is 26.9 Å². The second-order valence-electron chi connectivity index (χ2n) is 3.37. The molecule has 0 N–H and O–H groups in total. The summed E-state index contributed by atoms with van der Waals surface area (Å²) < 4.78 is 14.9. The molecule has 5 heteroatoms.